The van der Waals surface area contributed by atoms with E-state index in [9.17, 15) is 17.6 Å². The van der Waals surface area contributed by atoms with Crippen LogP contribution in [0.3, 0.4) is 0 Å². The molecule has 1 N–H and O–H groups in total. The first kappa shape index (κ1) is 22.6. The fraction of sp³-hybridized carbons (Fsp3) is 0.391. The molecule has 1 aromatic carbocycles. The molecule has 0 saturated heterocycles. The Morgan fingerprint density at radius 3 is 2.69 bits per heavy atom. The summed E-state index contributed by atoms with van der Waals surface area (Å²) in [6, 6.07) is 7.10. The first-order valence-electron chi connectivity index (χ1n) is 10.3. The van der Waals surface area contributed by atoms with Crippen molar-refractivity contribution in [2.45, 2.75) is 44.5 Å². The van der Waals surface area contributed by atoms with E-state index in [4.69, 9.17) is 16.3 Å². The molecule has 9 heteroatoms. The number of halogens is 5. The first-order chi connectivity index (χ1) is 15.2. The number of nitrogens with zero attached hydrogens (tertiary/aromatic N) is 2. The summed E-state index contributed by atoms with van der Waals surface area (Å²) in [6.07, 6.45) is -0.809. The summed E-state index contributed by atoms with van der Waals surface area (Å²) < 4.78 is 61.0. The summed E-state index contributed by atoms with van der Waals surface area (Å²) in [5.41, 5.74) is 0.600. The molecule has 0 amide bonds. The molecule has 0 bridgehead atoms. The Morgan fingerprint density at radius 2 is 1.97 bits per heavy atom. The highest BCUT2D eigenvalue weighted by molar-refractivity contribution is 6.30. The van der Waals surface area contributed by atoms with E-state index in [0.717, 1.165) is 0 Å². The smallest absolute Gasteiger partial charge is 0.408 e. The van der Waals surface area contributed by atoms with Gasteiger partial charge in [-0.15, -0.1) is 0 Å². The van der Waals surface area contributed by atoms with Gasteiger partial charge in [0, 0.05) is 17.8 Å². The average Bonchev–Trinajstić information content (AvgIpc) is 3.07. The number of hydrogen-bond acceptors (Lipinski definition) is 4. The van der Waals surface area contributed by atoms with Crippen molar-refractivity contribution in [3.8, 4) is 5.75 Å². The molecule has 4 nitrogen and oxygen atoms in total. The van der Waals surface area contributed by atoms with Crippen LogP contribution in [-0.4, -0.2) is 28.3 Å². The van der Waals surface area contributed by atoms with Crippen LogP contribution >= 0.6 is 11.6 Å². The number of nitrogens with one attached hydrogen (secondary N) is 1. The van der Waals surface area contributed by atoms with Crippen molar-refractivity contribution in [3.05, 3.63) is 59.6 Å². The van der Waals surface area contributed by atoms with Gasteiger partial charge in [0.15, 0.2) is 0 Å². The number of benzene rings is 1. The SMILES string of the molecule is CC1CC(Oc2ccnc3ccc(F)cc23)CC1CC(Nc1ccc(Cl)cn1)C(F)(F)F. The predicted molar refractivity (Wildman–Crippen MR) is 115 cm³/mol. The van der Waals surface area contributed by atoms with Crippen LogP contribution in [0.15, 0.2) is 48.8 Å². The van der Waals surface area contributed by atoms with Crippen LogP contribution in [0.1, 0.15) is 26.2 Å². The van der Waals surface area contributed by atoms with E-state index in [1.54, 1.807) is 18.3 Å². The largest absolute Gasteiger partial charge is 0.490 e. The van der Waals surface area contributed by atoms with Crippen LogP contribution in [0.25, 0.3) is 10.9 Å². The van der Waals surface area contributed by atoms with Gasteiger partial charge in [0.05, 0.1) is 16.6 Å². The Kier molecular flexibility index (Phi) is 6.42. The third kappa shape index (κ3) is 5.23. The molecular formula is C23H22ClF4N3O. The second kappa shape index (κ2) is 9.10. The maximum absolute atomic E-state index is 13.7. The molecule has 1 aliphatic rings. The van der Waals surface area contributed by atoms with E-state index in [0.29, 0.717) is 34.5 Å². The van der Waals surface area contributed by atoms with E-state index >= 15 is 0 Å². The van der Waals surface area contributed by atoms with Crippen molar-refractivity contribution < 1.29 is 22.3 Å². The number of fused-ring (bicyclic) bond motifs is 1. The van der Waals surface area contributed by atoms with Crippen LogP contribution in [0.4, 0.5) is 23.4 Å². The van der Waals surface area contributed by atoms with Crippen molar-refractivity contribution in [2.75, 3.05) is 5.32 Å². The molecule has 2 heterocycles. The number of hydrogen-bond donors (Lipinski definition) is 1. The number of ether oxygens (including phenoxy) is 1. The van der Waals surface area contributed by atoms with Gasteiger partial charge in [0.25, 0.3) is 0 Å². The van der Waals surface area contributed by atoms with Gasteiger partial charge in [-0.05, 0) is 67.5 Å². The zero-order valence-electron chi connectivity index (χ0n) is 17.2. The first-order valence-corrected chi connectivity index (χ1v) is 10.7. The Labute approximate surface area is 188 Å². The normalized spacial score (nSPS) is 22.1. The van der Waals surface area contributed by atoms with E-state index in [-0.39, 0.29) is 30.2 Å². The lowest BCUT2D eigenvalue weighted by Gasteiger charge is -2.26. The number of aromatic nitrogens is 2. The van der Waals surface area contributed by atoms with Crippen LogP contribution in [-0.2, 0) is 0 Å². The maximum Gasteiger partial charge on any atom is 0.408 e. The minimum Gasteiger partial charge on any atom is -0.490 e. The summed E-state index contributed by atoms with van der Waals surface area (Å²) >= 11 is 5.77. The lowest BCUT2D eigenvalue weighted by molar-refractivity contribution is -0.146. The van der Waals surface area contributed by atoms with Crippen molar-refractivity contribution >= 4 is 28.3 Å². The van der Waals surface area contributed by atoms with Gasteiger partial charge in [-0.1, -0.05) is 18.5 Å². The van der Waals surface area contributed by atoms with Crippen LogP contribution in [0.2, 0.25) is 5.02 Å². The third-order valence-electron chi connectivity index (χ3n) is 5.95. The van der Waals surface area contributed by atoms with Gasteiger partial charge >= 0.3 is 6.18 Å². The van der Waals surface area contributed by atoms with E-state index in [1.807, 2.05) is 6.92 Å². The average molecular weight is 468 g/mol. The molecule has 4 unspecified atom stereocenters. The lowest BCUT2D eigenvalue weighted by atomic mass is 9.91. The second-order valence-electron chi connectivity index (χ2n) is 8.26. The van der Waals surface area contributed by atoms with Crippen molar-refractivity contribution in [3.63, 3.8) is 0 Å². The van der Waals surface area contributed by atoms with Gasteiger partial charge in [-0.3, -0.25) is 4.98 Å². The molecule has 32 heavy (non-hydrogen) atoms. The standard InChI is InChI=1S/C23H22ClF4N3O/c1-13-8-17(32-20-6-7-29-19-4-3-16(25)11-18(19)20)9-14(13)10-21(23(26,27)28)31-22-5-2-15(24)12-30-22/h2-7,11-14,17,21H,8-10H2,1H3,(H,30,31). The highest BCUT2D eigenvalue weighted by Crippen LogP contribution is 2.40. The number of rotatable bonds is 6. The molecule has 1 aliphatic carbocycles. The van der Waals surface area contributed by atoms with Gasteiger partial charge in [0.2, 0.25) is 0 Å². The van der Waals surface area contributed by atoms with Crippen LogP contribution in [0.5, 0.6) is 5.75 Å². The third-order valence-corrected chi connectivity index (χ3v) is 6.17. The quantitative estimate of drug-likeness (QED) is 0.412. The predicted octanol–water partition coefficient (Wildman–Crippen LogP) is 6.65. The molecule has 170 valence electrons. The molecule has 1 fully saturated rings. The molecule has 0 radical (unpaired) electrons. The Hall–Kier alpha value is -2.61. The summed E-state index contributed by atoms with van der Waals surface area (Å²) in [6.45, 7) is 1.94. The summed E-state index contributed by atoms with van der Waals surface area (Å²) in [4.78, 5) is 8.13. The highest BCUT2D eigenvalue weighted by atomic mass is 35.5. The van der Waals surface area contributed by atoms with Crippen LogP contribution < -0.4 is 10.1 Å². The molecule has 0 aliphatic heterocycles. The van der Waals surface area contributed by atoms with E-state index in [1.165, 1.54) is 30.5 Å². The Bertz CT molecular complexity index is 1080. The van der Waals surface area contributed by atoms with E-state index in [2.05, 4.69) is 15.3 Å². The minimum atomic E-state index is -4.43. The molecule has 4 rings (SSSR count). The topological polar surface area (TPSA) is 47.0 Å². The molecule has 1 saturated carbocycles. The monoisotopic (exact) mass is 467 g/mol. The van der Waals surface area contributed by atoms with Crippen molar-refractivity contribution in [1.82, 2.24) is 9.97 Å². The number of anilines is 1. The summed E-state index contributed by atoms with van der Waals surface area (Å²) in [5, 5.41) is 3.41. The fourth-order valence-electron chi connectivity index (χ4n) is 4.29. The Morgan fingerprint density at radius 1 is 1.16 bits per heavy atom. The van der Waals surface area contributed by atoms with E-state index < -0.39 is 18.0 Å². The fourth-order valence-corrected chi connectivity index (χ4v) is 4.40. The lowest BCUT2D eigenvalue weighted by Crippen LogP contribution is -2.38. The minimum absolute atomic E-state index is 0.0367. The number of pyridine rings is 2. The van der Waals surface area contributed by atoms with Gasteiger partial charge in [0.1, 0.15) is 23.4 Å². The molecule has 3 aromatic rings. The molecule has 2 aromatic heterocycles. The molecule has 0 spiro atoms. The molecular weight excluding hydrogens is 446 g/mol. The Balaban J connectivity index is 1.46. The number of alkyl halides is 3. The zero-order valence-corrected chi connectivity index (χ0v) is 18.0. The van der Waals surface area contributed by atoms with Gasteiger partial charge < -0.3 is 10.1 Å². The summed E-state index contributed by atoms with van der Waals surface area (Å²) in [7, 11) is 0. The van der Waals surface area contributed by atoms with Crippen LogP contribution in [0, 0.1) is 17.7 Å². The van der Waals surface area contributed by atoms with Gasteiger partial charge in [-0.25, -0.2) is 9.37 Å². The van der Waals surface area contributed by atoms with Gasteiger partial charge in [-0.2, -0.15) is 13.2 Å². The van der Waals surface area contributed by atoms with Crippen molar-refractivity contribution in [1.29, 1.82) is 0 Å². The van der Waals surface area contributed by atoms with Crippen molar-refractivity contribution in [2.24, 2.45) is 11.8 Å². The summed E-state index contributed by atoms with van der Waals surface area (Å²) in [5.74, 6) is 0.0533. The maximum atomic E-state index is 13.7. The second-order valence-corrected chi connectivity index (χ2v) is 8.69. The zero-order chi connectivity index (χ0) is 22.9. The highest BCUT2D eigenvalue weighted by Gasteiger charge is 2.44. The molecule has 4 atom stereocenters.